The van der Waals surface area contributed by atoms with Gasteiger partial charge in [0.25, 0.3) is 0 Å². The molecule has 6 heteroatoms. The Morgan fingerprint density at radius 2 is 1.91 bits per heavy atom. The van der Waals surface area contributed by atoms with Crippen LogP contribution in [0.15, 0.2) is 82.2 Å². The second-order valence-corrected chi connectivity index (χ2v) is 8.80. The molecule has 0 bridgehead atoms. The zero-order valence-corrected chi connectivity index (χ0v) is 18.8. The number of aliphatic hydroxyl groups excluding tert-OH is 1. The van der Waals surface area contributed by atoms with Gasteiger partial charge in [-0.15, -0.1) is 0 Å². The summed E-state index contributed by atoms with van der Waals surface area (Å²) in [6.07, 6.45) is 1.47. The molecule has 2 heterocycles. The molecular weight excluding hydrogens is 438 g/mol. The quantitative estimate of drug-likeness (QED) is 0.447. The molecule has 5 rings (SSSR count). The van der Waals surface area contributed by atoms with Crippen LogP contribution in [0.5, 0.6) is 5.75 Å². The normalized spacial score (nSPS) is 15.0. The molecule has 5 nitrogen and oxygen atoms in total. The van der Waals surface area contributed by atoms with Crippen molar-refractivity contribution in [3.05, 3.63) is 110 Å². The first-order valence-corrected chi connectivity index (χ1v) is 11.3. The summed E-state index contributed by atoms with van der Waals surface area (Å²) in [5, 5.41) is 11.8. The highest BCUT2D eigenvalue weighted by Crippen LogP contribution is 2.29. The van der Waals surface area contributed by atoms with Crippen molar-refractivity contribution in [3.63, 3.8) is 0 Å². The Bertz CT molecular complexity index is 1340. The van der Waals surface area contributed by atoms with Gasteiger partial charge in [-0.05, 0) is 41.5 Å². The highest BCUT2D eigenvalue weighted by molar-refractivity contribution is 6.31. The minimum Gasteiger partial charge on any atom is -0.492 e. The van der Waals surface area contributed by atoms with Crippen molar-refractivity contribution < 1.29 is 14.3 Å². The van der Waals surface area contributed by atoms with Gasteiger partial charge in [0.2, 0.25) is 0 Å². The summed E-state index contributed by atoms with van der Waals surface area (Å²) in [6.45, 7) is 2.23. The molecule has 0 spiro atoms. The fraction of sp³-hybridized carbons (Fsp3) is 0.222. The molecule has 168 valence electrons. The van der Waals surface area contributed by atoms with Gasteiger partial charge in [-0.2, -0.15) is 0 Å². The average Bonchev–Trinajstić information content (AvgIpc) is 3.03. The molecule has 0 amide bonds. The van der Waals surface area contributed by atoms with Gasteiger partial charge in [0.15, 0.2) is 5.43 Å². The Kier molecular flexibility index (Phi) is 6.18. The summed E-state index contributed by atoms with van der Waals surface area (Å²) in [6, 6.07) is 20.9. The van der Waals surface area contributed by atoms with Crippen LogP contribution >= 0.6 is 11.6 Å². The van der Waals surface area contributed by atoms with Gasteiger partial charge in [0.05, 0.1) is 17.8 Å². The Labute approximate surface area is 196 Å². The highest BCUT2D eigenvalue weighted by atomic mass is 35.5. The summed E-state index contributed by atoms with van der Waals surface area (Å²) in [5.74, 6) is 0.811. The number of ether oxygens (including phenoxy) is 1. The van der Waals surface area contributed by atoms with E-state index in [1.165, 1.54) is 6.26 Å². The molecular formula is C27H24ClNO4. The van der Waals surface area contributed by atoms with Crippen LogP contribution < -0.4 is 10.2 Å². The van der Waals surface area contributed by atoms with Crippen molar-refractivity contribution >= 4 is 22.6 Å². The first kappa shape index (κ1) is 21.7. The first-order chi connectivity index (χ1) is 16.1. The van der Waals surface area contributed by atoms with Crippen molar-refractivity contribution in [1.29, 1.82) is 0 Å². The average molecular weight is 462 g/mol. The maximum atomic E-state index is 13.0. The molecule has 1 atom stereocenters. The number of halogens is 1. The van der Waals surface area contributed by atoms with E-state index in [9.17, 15) is 9.90 Å². The number of aliphatic hydroxyl groups is 1. The molecule has 0 saturated carbocycles. The summed E-state index contributed by atoms with van der Waals surface area (Å²) in [7, 11) is 0. The van der Waals surface area contributed by atoms with Gasteiger partial charge in [0, 0.05) is 42.2 Å². The van der Waals surface area contributed by atoms with Crippen molar-refractivity contribution in [2.24, 2.45) is 0 Å². The molecule has 33 heavy (non-hydrogen) atoms. The van der Waals surface area contributed by atoms with Crippen molar-refractivity contribution in [2.75, 3.05) is 13.2 Å². The SMILES string of the molecule is O=c1c(CN2CCOc3ccc(C(O)Cc4ccccc4)cc3C2)coc2ccc(Cl)cc12. The zero-order valence-electron chi connectivity index (χ0n) is 18.0. The third-order valence-corrected chi connectivity index (χ3v) is 6.24. The van der Waals surface area contributed by atoms with E-state index in [4.69, 9.17) is 20.8 Å². The smallest absolute Gasteiger partial charge is 0.197 e. The fourth-order valence-electron chi connectivity index (χ4n) is 4.26. The minimum absolute atomic E-state index is 0.0730. The molecule has 4 aromatic rings. The van der Waals surface area contributed by atoms with E-state index in [1.54, 1.807) is 18.2 Å². The topological polar surface area (TPSA) is 62.9 Å². The van der Waals surface area contributed by atoms with Gasteiger partial charge in [0.1, 0.15) is 17.9 Å². The second kappa shape index (κ2) is 9.40. The van der Waals surface area contributed by atoms with Crippen LogP contribution in [0.25, 0.3) is 11.0 Å². The lowest BCUT2D eigenvalue weighted by Crippen LogP contribution is -2.28. The van der Waals surface area contributed by atoms with Crippen molar-refractivity contribution in [3.8, 4) is 5.75 Å². The Balaban J connectivity index is 1.37. The number of rotatable bonds is 5. The van der Waals surface area contributed by atoms with E-state index in [1.807, 2.05) is 48.5 Å². The molecule has 0 saturated heterocycles. The molecule has 1 aliphatic heterocycles. The lowest BCUT2D eigenvalue weighted by Gasteiger charge is -2.19. The summed E-state index contributed by atoms with van der Waals surface area (Å²) >= 11 is 6.08. The van der Waals surface area contributed by atoms with Gasteiger partial charge in [-0.1, -0.05) is 48.0 Å². The Morgan fingerprint density at radius 3 is 2.76 bits per heavy atom. The first-order valence-electron chi connectivity index (χ1n) is 11.0. The predicted octanol–water partition coefficient (Wildman–Crippen LogP) is 5.12. The monoisotopic (exact) mass is 461 g/mol. The second-order valence-electron chi connectivity index (χ2n) is 8.36. The predicted molar refractivity (Wildman–Crippen MR) is 129 cm³/mol. The molecule has 1 aliphatic rings. The van der Waals surface area contributed by atoms with Crippen LogP contribution in [-0.4, -0.2) is 23.2 Å². The molecule has 0 fully saturated rings. The molecule has 0 radical (unpaired) electrons. The van der Waals surface area contributed by atoms with Crippen LogP contribution in [-0.2, 0) is 19.5 Å². The number of fused-ring (bicyclic) bond motifs is 2. The third kappa shape index (κ3) is 4.81. The maximum Gasteiger partial charge on any atom is 0.197 e. The molecule has 1 N–H and O–H groups in total. The van der Waals surface area contributed by atoms with Crippen LogP contribution in [0.4, 0.5) is 0 Å². The summed E-state index contributed by atoms with van der Waals surface area (Å²) < 4.78 is 11.6. The summed E-state index contributed by atoms with van der Waals surface area (Å²) in [4.78, 5) is 15.1. The highest BCUT2D eigenvalue weighted by Gasteiger charge is 2.20. The van der Waals surface area contributed by atoms with E-state index in [0.29, 0.717) is 54.2 Å². The van der Waals surface area contributed by atoms with Crippen LogP contribution in [0.1, 0.15) is 28.4 Å². The number of benzene rings is 3. The lowest BCUT2D eigenvalue weighted by molar-refractivity contribution is 0.178. The van der Waals surface area contributed by atoms with E-state index in [-0.39, 0.29) is 5.43 Å². The molecule has 3 aromatic carbocycles. The van der Waals surface area contributed by atoms with E-state index >= 15 is 0 Å². The van der Waals surface area contributed by atoms with Gasteiger partial charge >= 0.3 is 0 Å². The molecule has 0 aliphatic carbocycles. The number of hydrogen-bond donors (Lipinski definition) is 1. The van der Waals surface area contributed by atoms with Gasteiger partial charge < -0.3 is 14.3 Å². The molecule has 1 aromatic heterocycles. The Morgan fingerprint density at radius 1 is 1.06 bits per heavy atom. The lowest BCUT2D eigenvalue weighted by atomic mass is 9.99. The summed E-state index contributed by atoms with van der Waals surface area (Å²) in [5.41, 5.74) is 3.95. The van der Waals surface area contributed by atoms with Crippen LogP contribution in [0.2, 0.25) is 5.02 Å². The van der Waals surface area contributed by atoms with E-state index in [2.05, 4.69) is 4.90 Å². The van der Waals surface area contributed by atoms with Crippen LogP contribution in [0.3, 0.4) is 0 Å². The largest absolute Gasteiger partial charge is 0.492 e. The van der Waals surface area contributed by atoms with Gasteiger partial charge in [-0.3, -0.25) is 9.69 Å². The standard InChI is InChI=1S/C27H24ClNO4/c28-22-7-9-26-23(14-22)27(31)21(17-33-26)16-29-10-11-32-25-8-6-19(13-20(25)15-29)24(30)12-18-4-2-1-3-5-18/h1-9,13-14,17,24,30H,10-12,15-16H2. The van der Waals surface area contributed by atoms with E-state index in [0.717, 1.165) is 22.4 Å². The Hall–Kier alpha value is -3.12. The number of nitrogens with zero attached hydrogens (tertiary/aromatic N) is 1. The van der Waals surface area contributed by atoms with Crippen molar-refractivity contribution in [2.45, 2.75) is 25.6 Å². The van der Waals surface area contributed by atoms with Crippen LogP contribution in [0, 0.1) is 0 Å². The third-order valence-electron chi connectivity index (χ3n) is 6.00. The zero-order chi connectivity index (χ0) is 22.8. The maximum absolute atomic E-state index is 13.0. The molecule has 1 unspecified atom stereocenters. The minimum atomic E-state index is -0.605. The fourth-order valence-corrected chi connectivity index (χ4v) is 4.43. The number of hydrogen-bond acceptors (Lipinski definition) is 5. The van der Waals surface area contributed by atoms with Crippen molar-refractivity contribution in [1.82, 2.24) is 4.90 Å². The van der Waals surface area contributed by atoms with Gasteiger partial charge in [-0.25, -0.2) is 0 Å². The van der Waals surface area contributed by atoms with E-state index < -0.39 is 6.10 Å².